The zero-order chi connectivity index (χ0) is 13.3. The zero-order valence-corrected chi connectivity index (χ0v) is 10.3. The summed E-state index contributed by atoms with van der Waals surface area (Å²) in [6.07, 6.45) is -1.59. The summed E-state index contributed by atoms with van der Waals surface area (Å²) in [6.45, 7) is 0.101. The molecule has 2 heterocycles. The van der Waals surface area contributed by atoms with Gasteiger partial charge in [-0.05, 0) is 0 Å². The molecule has 3 unspecified atom stereocenters. The highest BCUT2D eigenvalue weighted by Crippen LogP contribution is 2.30. The maximum atomic E-state index is 13.6. The maximum Gasteiger partial charge on any atom is 0.330 e. The molecule has 0 aliphatic carbocycles. The number of aromatic amines is 1. The molecule has 1 fully saturated rings. The van der Waals surface area contributed by atoms with E-state index in [2.05, 4.69) is 0 Å². The zero-order valence-electron chi connectivity index (χ0n) is 9.56. The quantitative estimate of drug-likeness (QED) is 0.872. The van der Waals surface area contributed by atoms with Crippen LogP contribution in [-0.2, 0) is 9.47 Å². The van der Waals surface area contributed by atoms with Gasteiger partial charge in [0, 0.05) is 19.7 Å². The van der Waals surface area contributed by atoms with Crippen LogP contribution >= 0.6 is 11.6 Å². The summed E-state index contributed by atoms with van der Waals surface area (Å²) in [4.78, 5) is 24.7. The minimum absolute atomic E-state index is 0.0102. The maximum absolute atomic E-state index is 13.6. The molecule has 1 aliphatic heterocycles. The van der Waals surface area contributed by atoms with Crippen LogP contribution in [0.2, 0.25) is 5.02 Å². The molecule has 2 rings (SSSR count). The molecule has 1 aromatic heterocycles. The largest absolute Gasteiger partial charge is 0.382 e. The van der Waals surface area contributed by atoms with E-state index in [9.17, 15) is 14.0 Å². The Labute approximate surface area is 106 Å². The molecule has 3 atom stereocenters. The van der Waals surface area contributed by atoms with Crippen molar-refractivity contribution in [1.82, 2.24) is 9.55 Å². The Morgan fingerprint density at radius 1 is 1.67 bits per heavy atom. The highest BCUT2D eigenvalue weighted by molar-refractivity contribution is 6.30. The van der Waals surface area contributed by atoms with E-state index in [1.807, 2.05) is 4.98 Å². The third-order valence-electron chi connectivity index (χ3n) is 2.73. The van der Waals surface area contributed by atoms with Crippen LogP contribution in [0.4, 0.5) is 4.39 Å². The molecule has 1 aliphatic rings. The Kier molecular flexibility index (Phi) is 3.84. The Balaban J connectivity index is 2.26. The molecule has 1 saturated heterocycles. The van der Waals surface area contributed by atoms with Crippen LogP contribution in [0.15, 0.2) is 15.8 Å². The normalized spacial score (nSPS) is 27.6. The van der Waals surface area contributed by atoms with Crippen LogP contribution in [0.3, 0.4) is 0 Å². The van der Waals surface area contributed by atoms with Crippen molar-refractivity contribution >= 4 is 11.6 Å². The van der Waals surface area contributed by atoms with Gasteiger partial charge in [-0.1, -0.05) is 11.6 Å². The fourth-order valence-corrected chi connectivity index (χ4v) is 2.00. The highest BCUT2D eigenvalue weighted by atomic mass is 35.5. The van der Waals surface area contributed by atoms with E-state index in [0.717, 1.165) is 10.8 Å². The van der Waals surface area contributed by atoms with Gasteiger partial charge in [-0.15, -0.1) is 0 Å². The molecule has 0 spiro atoms. The SMILES string of the molecule is COCC1OC(n2cc(Cl)c(=O)[nH]c2=O)CC1F. The smallest absolute Gasteiger partial charge is 0.330 e. The molecule has 0 amide bonds. The van der Waals surface area contributed by atoms with Crippen molar-refractivity contribution in [2.45, 2.75) is 24.9 Å². The summed E-state index contributed by atoms with van der Waals surface area (Å²) >= 11 is 5.62. The molecule has 0 bridgehead atoms. The first-order valence-corrected chi connectivity index (χ1v) is 5.70. The van der Waals surface area contributed by atoms with Gasteiger partial charge in [-0.25, -0.2) is 9.18 Å². The van der Waals surface area contributed by atoms with Gasteiger partial charge < -0.3 is 9.47 Å². The molecular weight excluding hydrogens is 267 g/mol. The molecule has 18 heavy (non-hydrogen) atoms. The van der Waals surface area contributed by atoms with Crippen molar-refractivity contribution < 1.29 is 13.9 Å². The van der Waals surface area contributed by atoms with E-state index < -0.39 is 29.8 Å². The van der Waals surface area contributed by atoms with Crippen LogP contribution in [0.25, 0.3) is 0 Å². The number of hydrogen-bond donors (Lipinski definition) is 1. The summed E-state index contributed by atoms with van der Waals surface area (Å²) in [5.74, 6) is 0. The molecule has 8 heteroatoms. The fraction of sp³-hybridized carbons (Fsp3) is 0.600. The fourth-order valence-electron chi connectivity index (χ4n) is 1.85. The second-order valence-electron chi connectivity index (χ2n) is 3.98. The lowest BCUT2D eigenvalue weighted by Crippen LogP contribution is -2.32. The molecule has 1 aromatic rings. The highest BCUT2D eigenvalue weighted by Gasteiger charge is 2.36. The topological polar surface area (TPSA) is 73.3 Å². The minimum atomic E-state index is -1.23. The number of methoxy groups -OCH3 is 1. The van der Waals surface area contributed by atoms with E-state index in [-0.39, 0.29) is 18.1 Å². The standard InChI is InChI=1S/C10H12ClFN2O4/c1-17-4-7-6(12)2-8(18-7)14-3-5(11)9(15)13-10(14)16/h3,6-8H,2,4H2,1H3,(H,13,15,16). The molecule has 6 nitrogen and oxygen atoms in total. The van der Waals surface area contributed by atoms with Crippen molar-refractivity contribution in [2.75, 3.05) is 13.7 Å². The number of hydrogen-bond acceptors (Lipinski definition) is 4. The van der Waals surface area contributed by atoms with E-state index >= 15 is 0 Å². The summed E-state index contributed by atoms with van der Waals surface area (Å²) < 4.78 is 24.8. The lowest BCUT2D eigenvalue weighted by atomic mass is 10.2. The van der Waals surface area contributed by atoms with Gasteiger partial charge in [-0.3, -0.25) is 14.3 Å². The predicted octanol–water partition coefficient (Wildman–Crippen LogP) is 0.462. The lowest BCUT2D eigenvalue weighted by Gasteiger charge is -2.14. The molecule has 0 radical (unpaired) electrons. The van der Waals surface area contributed by atoms with Crippen molar-refractivity contribution in [2.24, 2.45) is 0 Å². The van der Waals surface area contributed by atoms with Gasteiger partial charge in [0.2, 0.25) is 0 Å². The summed E-state index contributed by atoms with van der Waals surface area (Å²) in [5.41, 5.74) is -1.36. The Morgan fingerprint density at radius 3 is 3.06 bits per heavy atom. The average molecular weight is 279 g/mol. The Morgan fingerprint density at radius 2 is 2.39 bits per heavy atom. The number of aromatic nitrogens is 2. The number of nitrogens with one attached hydrogen (secondary N) is 1. The molecule has 1 N–H and O–H groups in total. The molecular formula is C10H12ClFN2O4. The minimum Gasteiger partial charge on any atom is -0.382 e. The van der Waals surface area contributed by atoms with Gasteiger partial charge >= 0.3 is 5.69 Å². The number of ether oxygens (including phenoxy) is 2. The van der Waals surface area contributed by atoms with Crippen molar-refractivity contribution in [3.05, 3.63) is 32.1 Å². The summed E-state index contributed by atoms with van der Waals surface area (Å²) in [7, 11) is 1.44. The van der Waals surface area contributed by atoms with Crippen LogP contribution < -0.4 is 11.2 Å². The van der Waals surface area contributed by atoms with Crippen LogP contribution in [0, 0.1) is 0 Å². The van der Waals surface area contributed by atoms with Crippen molar-refractivity contribution in [3.8, 4) is 0 Å². The number of alkyl halides is 1. The van der Waals surface area contributed by atoms with Crippen molar-refractivity contribution in [1.29, 1.82) is 0 Å². The first kappa shape index (κ1) is 13.3. The van der Waals surface area contributed by atoms with E-state index in [1.54, 1.807) is 0 Å². The lowest BCUT2D eigenvalue weighted by molar-refractivity contribution is -0.0446. The van der Waals surface area contributed by atoms with Crippen LogP contribution in [0.5, 0.6) is 0 Å². The third kappa shape index (κ3) is 2.47. The molecule has 0 saturated carbocycles. The second-order valence-corrected chi connectivity index (χ2v) is 4.39. The predicted molar refractivity (Wildman–Crippen MR) is 61.6 cm³/mol. The van der Waals surface area contributed by atoms with Gasteiger partial charge in [0.25, 0.3) is 5.56 Å². The molecule has 0 aromatic carbocycles. The number of nitrogens with zero attached hydrogens (tertiary/aromatic N) is 1. The van der Waals surface area contributed by atoms with Gasteiger partial charge in [-0.2, -0.15) is 0 Å². The van der Waals surface area contributed by atoms with Gasteiger partial charge in [0.05, 0.1) is 6.61 Å². The summed E-state index contributed by atoms with van der Waals surface area (Å²) in [6, 6.07) is 0. The number of H-pyrrole nitrogens is 1. The van der Waals surface area contributed by atoms with Gasteiger partial charge in [0.15, 0.2) is 0 Å². The van der Waals surface area contributed by atoms with Crippen molar-refractivity contribution in [3.63, 3.8) is 0 Å². The van der Waals surface area contributed by atoms with E-state index in [1.165, 1.54) is 7.11 Å². The van der Waals surface area contributed by atoms with E-state index in [4.69, 9.17) is 21.1 Å². The first-order chi connectivity index (χ1) is 8.52. The average Bonchev–Trinajstić information content (AvgIpc) is 2.66. The second kappa shape index (κ2) is 5.21. The molecule has 100 valence electrons. The van der Waals surface area contributed by atoms with E-state index in [0.29, 0.717) is 0 Å². The third-order valence-corrected chi connectivity index (χ3v) is 3.00. The number of halogens is 2. The van der Waals surface area contributed by atoms with Crippen LogP contribution in [0.1, 0.15) is 12.6 Å². The Bertz CT molecular complexity index is 543. The monoisotopic (exact) mass is 278 g/mol. The Hall–Kier alpha value is -1.18. The number of rotatable bonds is 3. The van der Waals surface area contributed by atoms with Gasteiger partial charge in [0.1, 0.15) is 23.5 Å². The first-order valence-electron chi connectivity index (χ1n) is 5.32. The van der Waals surface area contributed by atoms with Crippen LogP contribution in [-0.4, -0.2) is 35.5 Å². The summed E-state index contributed by atoms with van der Waals surface area (Å²) in [5, 5.41) is -0.149.